The molecule has 1 heterocycles. The second-order valence-corrected chi connectivity index (χ2v) is 4.95. The Balaban J connectivity index is 2.67. The molecule has 130 valence electrons. The van der Waals surface area contributed by atoms with Crippen LogP contribution in [0.3, 0.4) is 0 Å². The molecular weight excluding hydrogens is 322 g/mol. The van der Waals surface area contributed by atoms with Crippen LogP contribution < -0.4 is 5.56 Å². The largest absolute Gasteiger partial charge is 0.463 e. The molecule has 0 aliphatic heterocycles. The number of aromatic nitrogens is 1. The first-order valence-electron chi connectivity index (χ1n) is 7.92. The van der Waals surface area contributed by atoms with Gasteiger partial charge in [0, 0.05) is 6.07 Å². The molecule has 0 bridgehead atoms. The molecule has 6 heteroatoms. The predicted molar refractivity (Wildman–Crippen MR) is 93.7 cm³/mol. The maximum Gasteiger partial charge on any atom is 0.355 e. The average molecular weight is 341 g/mol. The quantitative estimate of drug-likeness (QED) is 0.596. The molecule has 0 radical (unpaired) electrons. The van der Waals surface area contributed by atoms with E-state index in [4.69, 9.17) is 9.47 Å². The van der Waals surface area contributed by atoms with Crippen LogP contribution in [0.1, 0.15) is 13.8 Å². The number of hydrogen-bond acceptors (Lipinski definition) is 5. The number of hydrogen-bond donors (Lipinski definition) is 0. The van der Waals surface area contributed by atoms with E-state index in [0.717, 1.165) is 16.2 Å². The van der Waals surface area contributed by atoms with Crippen LogP contribution in [0.25, 0.3) is 17.0 Å². The fourth-order valence-corrected chi connectivity index (χ4v) is 2.29. The fourth-order valence-electron chi connectivity index (χ4n) is 2.29. The topological polar surface area (TPSA) is 74.6 Å². The third kappa shape index (κ3) is 4.44. The van der Waals surface area contributed by atoms with Crippen LogP contribution >= 0.6 is 0 Å². The summed E-state index contributed by atoms with van der Waals surface area (Å²) < 4.78 is 11.0. The lowest BCUT2D eigenvalue weighted by Crippen LogP contribution is -2.26. The standard InChI is InChI=1S/C19H19NO5/c1-3-24-18(22)13-16(19(23)25-4-2)20-15(11-8-12-17(20)21)14-9-6-5-7-10-14/h5-13H,3-4H2,1-2H3/b16-13+. The van der Waals surface area contributed by atoms with E-state index < -0.39 is 17.5 Å². The number of pyridine rings is 1. The van der Waals surface area contributed by atoms with Crippen LogP contribution in [0.4, 0.5) is 0 Å². The van der Waals surface area contributed by atoms with Crippen LogP contribution in [-0.2, 0) is 19.1 Å². The molecule has 0 saturated heterocycles. The first-order chi connectivity index (χ1) is 12.1. The number of nitrogens with zero attached hydrogens (tertiary/aromatic N) is 1. The van der Waals surface area contributed by atoms with Gasteiger partial charge < -0.3 is 9.47 Å². The smallest absolute Gasteiger partial charge is 0.355 e. The normalized spacial score (nSPS) is 11.0. The molecule has 0 fully saturated rings. The Morgan fingerprint density at radius 2 is 1.64 bits per heavy atom. The molecule has 0 saturated carbocycles. The van der Waals surface area contributed by atoms with Crippen molar-refractivity contribution < 1.29 is 19.1 Å². The molecule has 0 amide bonds. The van der Waals surface area contributed by atoms with Gasteiger partial charge in [0.05, 0.1) is 25.0 Å². The maximum absolute atomic E-state index is 12.5. The van der Waals surface area contributed by atoms with E-state index in [1.54, 1.807) is 38.1 Å². The van der Waals surface area contributed by atoms with Crippen LogP contribution in [0.5, 0.6) is 0 Å². The van der Waals surface area contributed by atoms with E-state index >= 15 is 0 Å². The summed E-state index contributed by atoms with van der Waals surface area (Å²) in [7, 11) is 0. The highest BCUT2D eigenvalue weighted by atomic mass is 16.5. The third-order valence-corrected chi connectivity index (χ3v) is 3.29. The summed E-state index contributed by atoms with van der Waals surface area (Å²) in [5, 5.41) is 0. The van der Waals surface area contributed by atoms with Crippen LogP contribution in [-0.4, -0.2) is 29.7 Å². The zero-order chi connectivity index (χ0) is 18.2. The Hall–Kier alpha value is -3.15. The van der Waals surface area contributed by atoms with Gasteiger partial charge in [0.2, 0.25) is 0 Å². The van der Waals surface area contributed by atoms with Crippen molar-refractivity contribution in [3.63, 3.8) is 0 Å². The van der Waals surface area contributed by atoms with E-state index in [0.29, 0.717) is 5.69 Å². The van der Waals surface area contributed by atoms with E-state index in [2.05, 4.69) is 0 Å². The molecule has 2 aromatic rings. The SMILES string of the molecule is CCOC(=O)/C=C(\C(=O)OCC)n1c(-c2ccccc2)cccc1=O. The Labute approximate surface area is 145 Å². The second-order valence-electron chi connectivity index (χ2n) is 4.95. The molecule has 25 heavy (non-hydrogen) atoms. The summed E-state index contributed by atoms with van der Waals surface area (Å²) in [6.45, 7) is 3.56. The van der Waals surface area contributed by atoms with E-state index in [1.165, 1.54) is 6.07 Å². The Morgan fingerprint density at radius 3 is 2.28 bits per heavy atom. The van der Waals surface area contributed by atoms with Gasteiger partial charge in [-0.15, -0.1) is 0 Å². The maximum atomic E-state index is 12.5. The minimum atomic E-state index is -0.777. The molecular formula is C19H19NO5. The molecule has 6 nitrogen and oxygen atoms in total. The summed E-state index contributed by atoms with van der Waals surface area (Å²) in [6.07, 6.45) is 0.981. The van der Waals surface area contributed by atoms with Gasteiger partial charge in [0.15, 0.2) is 0 Å². The summed E-state index contributed by atoms with van der Waals surface area (Å²) in [5.41, 5.74) is 0.547. The van der Waals surface area contributed by atoms with Crippen molar-refractivity contribution in [2.45, 2.75) is 13.8 Å². The van der Waals surface area contributed by atoms with Gasteiger partial charge in [-0.25, -0.2) is 9.59 Å². The summed E-state index contributed by atoms with van der Waals surface area (Å²) in [6, 6.07) is 13.7. The third-order valence-electron chi connectivity index (χ3n) is 3.29. The lowest BCUT2D eigenvalue weighted by atomic mass is 10.1. The number of carbonyl (C=O) groups excluding carboxylic acids is 2. The lowest BCUT2D eigenvalue weighted by Gasteiger charge is -2.15. The molecule has 0 spiro atoms. The van der Waals surface area contributed by atoms with Crippen LogP contribution in [0.2, 0.25) is 0 Å². The van der Waals surface area contributed by atoms with Gasteiger partial charge in [-0.05, 0) is 25.5 Å². The van der Waals surface area contributed by atoms with Crippen molar-refractivity contribution in [2.75, 3.05) is 13.2 Å². The summed E-state index contributed by atoms with van der Waals surface area (Å²) in [4.78, 5) is 36.7. The van der Waals surface area contributed by atoms with Crippen molar-refractivity contribution in [3.05, 3.63) is 65.0 Å². The van der Waals surface area contributed by atoms with Gasteiger partial charge in [-0.2, -0.15) is 0 Å². The minimum Gasteiger partial charge on any atom is -0.463 e. The minimum absolute atomic E-state index is 0.112. The Kier molecular flexibility index (Phi) is 6.28. The number of carbonyl (C=O) groups is 2. The Morgan fingerprint density at radius 1 is 0.960 bits per heavy atom. The van der Waals surface area contributed by atoms with E-state index in [-0.39, 0.29) is 18.9 Å². The van der Waals surface area contributed by atoms with Crippen molar-refractivity contribution in [1.82, 2.24) is 4.57 Å². The van der Waals surface area contributed by atoms with E-state index in [9.17, 15) is 14.4 Å². The first kappa shape index (κ1) is 18.2. The molecule has 0 aliphatic carbocycles. The zero-order valence-electron chi connectivity index (χ0n) is 14.1. The summed E-state index contributed by atoms with van der Waals surface area (Å²) in [5.74, 6) is -1.50. The van der Waals surface area contributed by atoms with Crippen molar-refractivity contribution in [3.8, 4) is 11.3 Å². The van der Waals surface area contributed by atoms with Crippen LogP contribution in [0.15, 0.2) is 59.4 Å². The van der Waals surface area contributed by atoms with Crippen molar-refractivity contribution in [2.24, 2.45) is 0 Å². The number of benzene rings is 1. The molecule has 0 atom stereocenters. The first-order valence-corrected chi connectivity index (χ1v) is 7.92. The number of esters is 2. The van der Waals surface area contributed by atoms with Crippen molar-refractivity contribution >= 4 is 17.6 Å². The van der Waals surface area contributed by atoms with Gasteiger partial charge in [-0.3, -0.25) is 9.36 Å². The molecule has 2 rings (SSSR count). The second kappa shape index (κ2) is 8.63. The molecule has 0 aliphatic rings. The lowest BCUT2D eigenvalue weighted by molar-refractivity contribution is -0.139. The molecule has 0 unspecified atom stereocenters. The van der Waals surface area contributed by atoms with Crippen molar-refractivity contribution in [1.29, 1.82) is 0 Å². The fraction of sp³-hybridized carbons (Fsp3) is 0.211. The summed E-state index contributed by atoms with van der Waals surface area (Å²) >= 11 is 0. The average Bonchev–Trinajstić information content (AvgIpc) is 2.61. The zero-order valence-corrected chi connectivity index (χ0v) is 14.1. The monoisotopic (exact) mass is 341 g/mol. The molecule has 0 N–H and O–H groups in total. The van der Waals surface area contributed by atoms with Crippen LogP contribution in [0, 0.1) is 0 Å². The Bertz CT molecular complexity index is 836. The highest BCUT2D eigenvalue weighted by molar-refractivity contribution is 6.15. The molecule has 1 aromatic heterocycles. The highest BCUT2D eigenvalue weighted by Gasteiger charge is 2.20. The van der Waals surface area contributed by atoms with Gasteiger partial charge in [-0.1, -0.05) is 36.4 Å². The number of rotatable bonds is 6. The van der Waals surface area contributed by atoms with Gasteiger partial charge >= 0.3 is 11.9 Å². The predicted octanol–water partition coefficient (Wildman–Crippen LogP) is 2.48. The van der Waals surface area contributed by atoms with Gasteiger partial charge in [0.25, 0.3) is 5.56 Å². The van der Waals surface area contributed by atoms with Gasteiger partial charge in [0.1, 0.15) is 5.70 Å². The van der Waals surface area contributed by atoms with E-state index in [1.807, 2.05) is 18.2 Å². The molecule has 1 aromatic carbocycles. The number of ether oxygens (including phenoxy) is 2. The highest BCUT2D eigenvalue weighted by Crippen LogP contribution is 2.21.